The Morgan fingerprint density at radius 3 is 2.53 bits per heavy atom. The lowest BCUT2D eigenvalue weighted by Gasteiger charge is -2.12. The second kappa shape index (κ2) is 5.80. The third-order valence-electron chi connectivity index (χ3n) is 2.27. The molecule has 0 radical (unpaired) electrons. The molecule has 2 N–H and O–H groups in total. The molecule has 8 heteroatoms. The molecular weight excluding hydrogens is 256 g/mol. The number of nitrogens with one attached hydrogen (secondary N) is 1. The fraction of sp³-hybridized carbons (Fsp3) is 0.273. The van der Waals surface area contributed by atoms with Crippen molar-refractivity contribution in [3.05, 3.63) is 33.4 Å². The maximum Gasteiger partial charge on any atom is 0.339 e. The Labute approximate surface area is 108 Å². The zero-order chi connectivity index (χ0) is 14.6. The van der Waals surface area contributed by atoms with Gasteiger partial charge in [0.25, 0.3) is 0 Å². The molecule has 0 fully saturated rings. The van der Waals surface area contributed by atoms with Gasteiger partial charge in [0.15, 0.2) is 0 Å². The highest BCUT2D eigenvalue weighted by atomic mass is 16.6. The van der Waals surface area contributed by atoms with E-state index >= 15 is 0 Å². The van der Waals surface area contributed by atoms with E-state index in [1.807, 2.05) is 0 Å². The number of rotatable bonds is 5. The number of nitrogens with zero attached hydrogens (tertiary/aromatic N) is 1. The smallest absolute Gasteiger partial charge is 0.339 e. The van der Waals surface area contributed by atoms with Crippen molar-refractivity contribution >= 4 is 17.6 Å². The van der Waals surface area contributed by atoms with Gasteiger partial charge >= 0.3 is 5.97 Å². The van der Waals surface area contributed by atoms with Crippen molar-refractivity contribution in [1.29, 1.82) is 0 Å². The standard InChI is InChI=1S/C11H12N2O6/c1-6(14)12-9-4-10(19-2)8(11(15)16)3-7(9)5-13(17)18/h3-4H,5H2,1-2H3,(H,12,14)(H,15,16). The normalized spacial score (nSPS) is 9.79. The summed E-state index contributed by atoms with van der Waals surface area (Å²) < 4.78 is 4.89. The summed E-state index contributed by atoms with van der Waals surface area (Å²) in [5, 5.41) is 22.0. The van der Waals surface area contributed by atoms with E-state index in [2.05, 4.69) is 5.32 Å². The van der Waals surface area contributed by atoms with Gasteiger partial charge in [-0.3, -0.25) is 14.9 Å². The molecule has 1 amide bonds. The molecule has 0 aromatic heterocycles. The number of benzene rings is 1. The average molecular weight is 268 g/mol. The van der Waals surface area contributed by atoms with E-state index in [9.17, 15) is 19.7 Å². The van der Waals surface area contributed by atoms with E-state index < -0.39 is 23.3 Å². The van der Waals surface area contributed by atoms with Gasteiger partial charge in [0, 0.05) is 23.5 Å². The first-order valence-electron chi connectivity index (χ1n) is 5.18. The van der Waals surface area contributed by atoms with Crippen molar-refractivity contribution in [1.82, 2.24) is 0 Å². The van der Waals surface area contributed by atoms with Crippen LogP contribution in [0.5, 0.6) is 5.75 Å². The van der Waals surface area contributed by atoms with Crippen molar-refractivity contribution in [2.75, 3.05) is 12.4 Å². The number of carboxylic acid groups (broad SMARTS) is 1. The van der Waals surface area contributed by atoms with Gasteiger partial charge in [-0.1, -0.05) is 0 Å². The van der Waals surface area contributed by atoms with Crippen LogP contribution in [0.3, 0.4) is 0 Å². The van der Waals surface area contributed by atoms with E-state index in [0.717, 1.165) is 6.07 Å². The van der Waals surface area contributed by atoms with Gasteiger partial charge < -0.3 is 15.2 Å². The summed E-state index contributed by atoms with van der Waals surface area (Å²) in [6.07, 6.45) is 0. The van der Waals surface area contributed by atoms with Crippen LogP contribution in [0, 0.1) is 10.1 Å². The molecule has 1 rings (SSSR count). The maximum atomic E-state index is 11.0. The molecule has 0 atom stereocenters. The van der Waals surface area contributed by atoms with Crippen LogP contribution >= 0.6 is 0 Å². The van der Waals surface area contributed by atoms with Crippen LogP contribution in [-0.4, -0.2) is 29.0 Å². The maximum absolute atomic E-state index is 11.0. The lowest BCUT2D eigenvalue weighted by atomic mass is 10.1. The molecule has 0 heterocycles. The zero-order valence-corrected chi connectivity index (χ0v) is 10.3. The lowest BCUT2D eigenvalue weighted by molar-refractivity contribution is -0.496. The molecule has 0 aliphatic rings. The summed E-state index contributed by atoms with van der Waals surface area (Å²) >= 11 is 0. The van der Waals surface area contributed by atoms with Gasteiger partial charge in [0.2, 0.25) is 12.5 Å². The third kappa shape index (κ3) is 3.66. The van der Waals surface area contributed by atoms with Crippen LogP contribution in [0.25, 0.3) is 0 Å². The largest absolute Gasteiger partial charge is 0.496 e. The Morgan fingerprint density at radius 2 is 2.11 bits per heavy atom. The van der Waals surface area contributed by atoms with Crippen LogP contribution in [0.1, 0.15) is 22.8 Å². The Bertz CT molecular complexity index is 540. The summed E-state index contributed by atoms with van der Waals surface area (Å²) in [4.78, 5) is 32.0. The molecule has 0 aliphatic carbocycles. The van der Waals surface area contributed by atoms with Crippen molar-refractivity contribution in [2.24, 2.45) is 0 Å². The summed E-state index contributed by atoms with van der Waals surface area (Å²) in [5.74, 6) is -1.67. The highest BCUT2D eigenvalue weighted by Gasteiger charge is 2.18. The van der Waals surface area contributed by atoms with Gasteiger partial charge in [-0.25, -0.2) is 4.79 Å². The minimum Gasteiger partial charge on any atom is -0.496 e. The van der Waals surface area contributed by atoms with E-state index in [1.54, 1.807) is 0 Å². The predicted molar refractivity (Wildman–Crippen MR) is 65.0 cm³/mol. The third-order valence-corrected chi connectivity index (χ3v) is 2.27. The summed E-state index contributed by atoms with van der Waals surface area (Å²) in [6.45, 7) is 0.646. The number of hydrogen-bond acceptors (Lipinski definition) is 5. The van der Waals surface area contributed by atoms with Gasteiger partial charge in [0.05, 0.1) is 12.8 Å². The molecule has 0 saturated carbocycles. The van der Waals surface area contributed by atoms with Crippen molar-refractivity contribution in [2.45, 2.75) is 13.5 Å². The molecular formula is C11H12N2O6. The number of nitro groups is 1. The molecule has 0 unspecified atom stereocenters. The molecule has 0 aliphatic heterocycles. The van der Waals surface area contributed by atoms with Crippen molar-refractivity contribution < 1.29 is 24.4 Å². The number of anilines is 1. The first kappa shape index (κ1) is 14.4. The monoisotopic (exact) mass is 268 g/mol. The number of carbonyl (C=O) groups excluding carboxylic acids is 1. The van der Waals surface area contributed by atoms with E-state index in [4.69, 9.17) is 9.84 Å². The van der Waals surface area contributed by atoms with Gasteiger partial charge in [-0.15, -0.1) is 0 Å². The average Bonchev–Trinajstić information content (AvgIpc) is 2.29. The minimum atomic E-state index is -1.27. The second-order valence-corrected chi connectivity index (χ2v) is 3.69. The van der Waals surface area contributed by atoms with E-state index in [-0.39, 0.29) is 22.6 Å². The Morgan fingerprint density at radius 1 is 1.47 bits per heavy atom. The molecule has 102 valence electrons. The summed E-state index contributed by atoms with van der Waals surface area (Å²) in [6, 6.07) is 2.37. The van der Waals surface area contributed by atoms with Gasteiger partial charge in [-0.05, 0) is 6.07 Å². The Balaban J connectivity index is 3.37. The second-order valence-electron chi connectivity index (χ2n) is 3.69. The molecule has 8 nitrogen and oxygen atoms in total. The molecule has 19 heavy (non-hydrogen) atoms. The van der Waals surface area contributed by atoms with Crippen LogP contribution in [0.4, 0.5) is 5.69 Å². The quantitative estimate of drug-likeness (QED) is 0.610. The minimum absolute atomic E-state index is 0.0170. The Hall–Kier alpha value is -2.64. The van der Waals surface area contributed by atoms with E-state index in [0.29, 0.717) is 0 Å². The fourth-order valence-corrected chi connectivity index (χ4v) is 1.54. The molecule has 1 aromatic rings. The molecule has 1 aromatic carbocycles. The number of carboxylic acids is 1. The number of carbonyl (C=O) groups is 2. The zero-order valence-electron chi connectivity index (χ0n) is 10.3. The first-order chi connectivity index (χ1) is 8.85. The van der Waals surface area contributed by atoms with Crippen LogP contribution < -0.4 is 10.1 Å². The Kier molecular flexibility index (Phi) is 4.41. The number of methoxy groups -OCH3 is 1. The summed E-state index contributed by atoms with van der Waals surface area (Å²) in [5.41, 5.74) is 0.0536. The van der Waals surface area contributed by atoms with E-state index in [1.165, 1.54) is 20.1 Å². The number of amides is 1. The lowest BCUT2D eigenvalue weighted by Crippen LogP contribution is -2.12. The highest BCUT2D eigenvalue weighted by molar-refractivity contribution is 5.95. The highest BCUT2D eigenvalue weighted by Crippen LogP contribution is 2.28. The number of ether oxygens (including phenoxy) is 1. The summed E-state index contributed by atoms with van der Waals surface area (Å²) in [7, 11) is 1.27. The fourth-order valence-electron chi connectivity index (χ4n) is 1.54. The van der Waals surface area contributed by atoms with Crippen LogP contribution in [0.15, 0.2) is 12.1 Å². The first-order valence-corrected chi connectivity index (χ1v) is 5.18. The van der Waals surface area contributed by atoms with Crippen molar-refractivity contribution in [3.8, 4) is 5.75 Å². The SMILES string of the molecule is COc1cc(NC(C)=O)c(C[N+](=O)[O-])cc1C(=O)O. The van der Waals surface area contributed by atoms with Gasteiger partial charge in [-0.2, -0.15) is 0 Å². The van der Waals surface area contributed by atoms with Gasteiger partial charge in [0.1, 0.15) is 11.3 Å². The number of aromatic carboxylic acids is 1. The van der Waals surface area contributed by atoms with Crippen LogP contribution in [-0.2, 0) is 11.3 Å². The van der Waals surface area contributed by atoms with Crippen LogP contribution in [0.2, 0.25) is 0 Å². The predicted octanol–water partition coefficient (Wildman–Crippen LogP) is 1.13. The molecule has 0 spiro atoms. The molecule has 0 bridgehead atoms. The molecule has 0 saturated heterocycles. The number of hydrogen-bond donors (Lipinski definition) is 2. The van der Waals surface area contributed by atoms with Crippen molar-refractivity contribution in [3.63, 3.8) is 0 Å². The topological polar surface area (TPSA) is 119 Å².